The van der Waals surface area contributed by atoms with Crippen molar-refractivity contribution in [2.24, 2.45) is 4.99 Å². The molecule has 7 nitrogen and oxygen atoms in total. The number of carbonyl (C=O) groups is 1. The van der Waals surface area contributed by atoms with E-state index in [4.69, 9.17) is 0 Å². The molecule has 8 heteroatoms. The quantitative estimate of drug-likeness (QED) is 0.296. The second kappa shape index (κ2) is 11.9. The van der Waals surface area contributed by atoms with Gasteiger partial charge in [0.05, 0.1) is 11.5 Å². The Bertz CT molecular complexity index is 804. The molecule has 1 heterocycles. The molecule has 1 amide bonds. The largest absolute Gasteiger partial charge is 0.357 e. The van der Waals surface area contributed by atoms with Gasteiger partial charge in [-0.25, -0.2) is 8.42 Å². The molecule has 3 N–H and O–H groups in total. The van der Waals surface area contributed by atoms with Crippen LogP contribution in [0.1, 0.15) is 57.1 Å². The lowest BCUT2D eigenvalue weighted by atomic mass is 10.0. The number of hydrogen-bond acceptors (Lipinski definition) is 4. The van der Waals surface area contributed by atoms with Gasteiger partial charge in [-0.1, -0.05) is 38.1 Å². The van der Waals surface area contributed by atoms with Gasteiger partial charge in [-0.05, 0) is 43.2 Å². The summed E-state index contributed by atoms with van der Waals surface area (Å²) < 4.78 is 22.9. The third-order valence-electron chi connectivity index (χ3n) is 5.13. The molecular weight excluding hydrogens is 400 g/mol. The van der Waals surface area contributed by atoms with E-state index in [2.05, 4.69) is 59.1 Å². The van der Waals surface area contributed by atoms with Crippen LogP contribution in [0.25, 0.3) is 0 Å². The topological polar surface area (TPSA) is 99.7 Å². The van der Waals surface area contributed by atoms with Gasteiger partial charge in [0.15, 0.2) is 15.8 Å². The van der Waals surface area contributed by atoms with Gasteiger partial charge in [0.1, 0.15) is 0 Å². The number of guanidine groups is 1. The number of hydrogen-bond donors (Lipinski definition) is 3. The van der Waals surface area contributed by atoms with Crippen LogP contribution in [0.2, 0.25) is 0 Å². The molecule has 1 unspecified atom stereocenters. The fourth-order valence-corrected chi connectivity index (χ4v) is 5.06. The molecule has 0 spiro atoms. The number of carbonyl (C=O) groups excluding carboxylic acids is 1. The van der Waals surface area contributed by atoms with Crippen molar-refractivity contribution in [3.05, 3.63) is 35.4 Å². The Morgan fingerprint density at radius 1 is 1.20 bits per heavy atom. The van der Waals surface area contributed by atoms with Crippen LogP contribution < -0.4 is 16.0 Å². The fraction of sp³-hybridized carbons (Fsp3) is 0.636. The normalized spacial score (nSPS) is 18.4. The number of rotatable bonds is 10. The van der Waals surface area contributed by atoms with Crippen LogP contribution >= 0.6 is 0 Å². The van der Waals surface area contributed by atoms with Crippen molar-refractivity contribution in [3.8, 4) is 0 Å². The fourth-order valence-electron chi connectivity index (χ4n) is 3.39. The molecule has 1 atom stereocenters. The predicted octanol–water partition coefficient (Wildman–Crippen LogP) is 1.99. The van der Waals surface area contributed by atoms with Crippen molar-refractivity contribution in [1.29, 1.82) is 0 Å². The number of aliphatic imine (C=N–C) groups is 1. The molecule has 0 saturated carbocycles. The summed E-state index contributed by atoms with van der Waals surface area (Å²) in [7, 11) is -2.98. The zero-order chi connectivity index (χ0) is 22.0. The van der Waals surface area contributed by atoms with Crippen LogP contribution in [-0.2, 0) is 21.1 Å². The minimum Gasteiger partial charge on any atom is -0.357 e. The summed E-state index contributed by atoms with van der Waals surface area (Å²) in [6.07, 6.45) is 2.72. The van der Waals surface area contributed by atoms with Gasteiger partial charge in [-0.3, -0.25) is 9.79 Å². The molecule has 1 aliphatic rings. The molecule has 30 heavy (non-hydrogen) atoms. The second-order valence-corrected chi connectivity index (χ2v) is 10.3. The van der Waals surface area contributed by atoms with E-state index in [1.165, 1.54) is 11.1 Å². The Morgan fingerprint density at radius 2 is 1.93 bits per heavy atom. The van der Waals surface area contributed by atoms with Crippen LogP contribution in [0.4, 0.5) is 0 Å². The Kier molecular flexibility index (Phi) is 9.62. The van der Waals surface area contributed by atoms with Gasteiger partial charge in [0.25, 0.3) is 0 Å². The summed E-state index contributed by atoms with van der Waals surface area (Å²) in [6, 6.07) is 8.52. The lowest BCUT2D eigenvalue weighted by Crippen LogP contribution is -2.41. The van der Waals surface area contributed by atoms with Gasteiger partial charge in [-0.15, -0.1) is 0 Å². The van der Waals surface area contributed by atoms with Crippen LogP contribution in [0.15, 0.2) is 29.3 Å². The highest BCUT2D eigenvalue weighted by Crippen LogP contribution is 2.15. The number of sulfone groups is 1. The third kappa shape index (κ3) is 8.73. The zero-order valence-electron chi connectivity index (χ0n) is 18.4. The van der Waals surface area contributed by atoms with E-state index in [-0.39, 0.29) is 29.9 Å². The highest BCUT2D eigenvalue weighted by molar-refractivity contribution is 7.91. The number of benzene rings is 1. The molecule has 1 fully saturated rings. The molecule has 0 aliphatic carbocycles. The number of aryl methyl sites for hydroxylation is 1. The highest BCUT2D eigenvalue weighted by atomic mass is 32.2. The SMILES string of the molecule is CCNC(=NCCCc1ccc(C(C)C)cc1)NCCC(=O)NC1CCS(=O)(=O)C1. The summed E-state index contributed by atoms with van der Waals surface area (Å²) in [4.78, 5) is 16.6. The van der Waals surface area contributed by atoms with E-state index in [1.54, 1.807) is 0 Å². The van der Waals surface area contributed by atoms with Gasteiger partial charge in [0.2, 0.25) is 5.91 Å². The number of nitrogens with one attached hydrogen (secondary N) is 3. The van der Waals surface area contributed by atoms with Crippen molar-refractivity contribution in [1.82, 2.24) is 16.0 Å². The smallest absolute Gasteiger partial charge is 0.222 e. The standard InChI is InChI=1S/C22H36N4O3S/c1-4-23-22(24-13-5-6-18-7-9-19(10-8-18)17(2)3)25-14-11-21(27)26-20-12-15-30(28,29)16-20/h7-10,17,20H,4-6,11-16H2,1-3H3,(H,26,27)(H2,23,24,25). The summed E-state index contributed by atoms with van der Waals surface area (Å²) in [5, 5.41) is 9.16. The van der Waals surface area contributed by atoms with E-state index < -0.39 is 9.84 Å². The highest BCUT2D eigenvalue weighted by Gasteiger charge is 2.28. The third-order valence-corrected chi connectivity index (χ3v) is 6.89. The van der Waals surface area contributed by atoms with Crippen LogP contribution in [0.3, 0.4) is 0 Å². The monoisotopic (exact) mass is 436 g/mol. The first kappa shape index (κ1) is 24.2. The molecule has 1 saturated heterocycles. The maximum absolute atomic E-state index is 12.0. The molecule has 1 aliphatic heterocycles. The van der Waals surface area contributed by atoms with Gasteiger partial charge in [-0.2, -0.15) is 0 Å². The Morgan fingerprint density at radius 3 is 2.53 bits per heavy atom. The first-order valence-electron chi connectivity index (χ1n) is 10.9. The first-order chi connectivity index (χ1) is 14.3. The maximum Gasteiger partial charge on any atom is 0.222 e. The maximum atomic E-state index is 12.0. The van der Waals surface area contributed by atoms with Crippen LogP contribution in [0.5, 0.6) is 0 Å². The van der Waals surface area contributed by atoms with E-state index in [0.29, 0.717) is 31.4 Å². The predicted molar refractivity (Wildman–Crippen MR) is 123 cm³/mol. The molecule has 1 aromatic carbocycles. The molecule has 168 valence electrons. The minimum atomic E-state index is -2.98. The van der Waals surface area contributed by atoms with Gasteiger partial charge < -0.3 is 16.0 Å². The molecule has 0 bridgehead atoms. The van der Waals surface area contributed by atoms with E-state index >= 15 is 0 Å². The zero-order valence-corrected chi connectivity index (χ0v) is 19.2. The minimum absolute atomic E-state index is 0.0520. The first-order valence-corrected chi connectivity index (χ1v) is 12.7. The second-order valence-electron chi connectivity index (χ2n) is 8.10. The average molecular weight is 437 g/mol. The van der Waals surface area contributed by atoms with Crippen molar-refractivity contribution >= 4 is 21.7 Å². The molecule has 0 aromatic heterocycles. The molecule has 0 radical (unpaired) electrons. The Balaban J connectivity index is 1.68. The molecular formula is C22H36N4O3S. The Hall–Kier alpha value is -2.09. The Labute approximate surface area is 181 Å². The summed E-state index contributed by atoms with van der Waals surface area (Å²) in [6.45, 7) is 8.29. The average Bonchev–Trinajstić information content (AvgIpc) is 3.03. The van der Waals surface area contributed by atoms with Crippen molar-refractivity contribution in [3.63, 3.8) is 0 Å². The summed E-state index contributed by atoms with van der Waals surface area (Å²) >= 11 is 0. The van der Waals surface area contributed by atoms with E-state index in [1.807, 2.05) is 6.92 Å². The van der Waals surface area contributed by atoms with E-state index in [0.717, 1.165) is 19.4 Å². The summed E-state index contributed by atoms with van der Waals surface area (Å²) in [5.74, 6) is 1.33. The van der Waals surface area contributed by atoms with Crippen molar-refractivity contribution < 1.29 is 13.2 Å². The lowest BCUT2D eigenvalue weighted by molar-refractivity contribution is -0.121. The molecule has 2 rings (SSSR count). The summed E-state index contributed by atoms with van der Waals surface area (Å²) in [5.41, 5.74) is 2.67. The lowest BCUT2D eigenvalue weighted by Gasteiger charge is -2.13. The van der Waals surface area contributed by atoms with Crippen LogP contribution in [-0.4, -0.2) is 57.5 Å². The van der Waals surface area contributed by atoms with Crippen molar-refractivity contribution in [2.45, 2.75) is 58.4 Å². The number of nitrogens with zero attached hydrogens (tertiary/aromatic N) is 1. The van der Waals surface area contributed by atoms with Crippen molar-refractivity contribution in [2.75, 3.05) is 31.1 Å². The number of amides is 1. The van der Waals surface area contributed by atoms with Gasteiger partial charge in [0, 0.05) is 32.1 Å². The van der Waals surface area contributed by atoms with Gasteiger partial charge >= 0.3 is 0 Å². The van der Waals surface area contributed by atoms with Crippen LogP contribution in [0, 0.1) is 0 Å². The molecule has 1 aromatic rings. The van der Waals surface area contributed by atoms with E-state index in [9.17, 15) is 13.2 Å².